The molecule has 0 radical (unpaired) electrons. The van der Waals surface area contributed by atoms with Crippen molar-refractivity contribution in [2.45, 2.75) is 220 Å². The molecule has 0 aliphatic carbocycles. The van der Waals surface area contributed by atoms with Gasteiger partial charge in [-0.1, -0.05) is 182 Å². The molecule has 0 aliphatic heterocycles. The molecular formula is C40H78O5. The van der Waals surface area contributed by atoms with Crippen molar-refractivity contribution in [3.63, 3.8) is 0 Å². The molecule has 0 saturated heterocycles. The molecule has 0 aliphatic rings. The highest BCUT2D eigenvalue weighted by Crippen LogP contribution is 2.22. The van der Waals surface area contributed by atoms with Gasteiger partial charge in [0.2, 0.25) is 0 Å². The third-order valence-electron chi connectivity index (χ3n) is 9.44. The van der Waals surface area contributed by atoms with E-state index < -0.39 is 18.0 Å². The number of rotatable bonds is 35. The number of hydrogen-bond acceptors (Lipinski definition) is 5. The van der Waals surface area contributed by atoms with Crippen LogP contribution in [0.3, 0.4) is 0 Å². The number of hydrogen-bond donors (Lipinski definition) is 1. The van der Waals surface area contributed by atoms with Crippen LogP contribution in [0.2, 0.25) is 0 Å². The first-order valence-corrected chi connectivity index (χ1v) is 20.0. The Morgan fingerprint density at radius 2 is 0.733 bits per heavy atom. The molecule has 0 amide bonds. The van der Waals surface area contributed by atoms with Crippen LogP contribution in [0.5, 0.6) is 0 Å². The highest BCUT2D eigenvalue weighted by Gasteiger charge is 2.23. The first kappa shape index (κ1) is 43.9. The predicted molar refractivity (Wildman–Crippen MR) is 191 cm³/mol. The summed E-state index contributed by atoms with van der Waals surface area (Å²) in [7, 11) is 0. The van der Waals surface area contributed by atoms with Gasteiger partial charge < -0.3 is 14.6 Å². The third kappa shape index (κ3) is 30.0. The third-order valence-corrected chi connectivity index (χ3v) is 9.44. The lowest BCUT2D eigenvalue weighted by Gasteiger charge is -2.19. The fraction of sp³-hybridized carbons (Fsp3) is 0.950. The van der Waals surface area contributed by atoms with Gasteiger partial charge in [0.15, 0.2) is 6.10 Å². The van der Waals surface area contributed by atoms with Crippen LogP contribution in [-0.4, -0.2) is 36.4 Å². The number of aliphatic hydroxyl groups is 1. The molecule has 0 heterocycles. The van der Waals surface area contributed by atoms with E-state index in [1.165, 1.54) is 141 Å². The van der Waals surface area contributed by atoms with E-state index in [0.29, 0.717) is 25.0 Å². The minimum Gasteiger partial charge on any atom is -0.465 e. The van der Waals surface area contributed by atoms with Crippen molar-refractivity contribution in [2.24, 2.45) is 11.8 Å². The van der Waals surface area contributed by atoms with Gasteiger partial charge >= 0.3 is 11.9 Å². The lowest BCUT2D eigenvalue weighted by Crippen LogP contribution is -2.29. The summed E-state index contributed by atoms with van der Waals surface area (Å²) >= 11 is 0. The number of carbonyl (C=O) groups is 2. The van der Waals surface area contributed by atoms with Crippen LogP contribution >= 0.6 is 0 Å². The maximum Gasteiger partial charge on any atom is 0.335 e. The molecule has 0 fully saturated rings. The van der Waals surface area contributed by atoms with Gasteiger partial charge in [0.25, 0.3) is 0 Å². The molecule has 1 N–H and O–H groups in total. The van der Waals surface area contributed by atoms with Crippen LogP contribution in [0.4, 0.5) is 0 Å². The zero-order chi connectivity index (χ0) is 33.2. The molecule has 3 unspecified atom stereocenters. The van der Waals surface area contributed by atoms with Crippen molar-refractivity contribution in [1.82, 2.24) is 0 Å². The van der Waals surface area contributed by atoms with E-state index in [2.05, 4.69) is 27.7 Å². The molecule has 0 saturated carbocycles. The number of aliphatic hydroxyl groups excluding tert-OH is 1. The minimum atomic E-state index is -1.45. The van der Waals surface area contributed by atoms with E-state index in [9.17, 15) is 14.7 Å². The normalized spacial score (nSPS) is 13.4. The lowest BCUT2D eigenvalue weighted by molar-refractivity contribution is -0.161. The van der Waals surface area contributed by atoms with Crippen LogP contribution in [0, 0.1) is 11.8 Å². The van der Waals surface area contributed by atoms with Crippen molar-refractivity contribution < 1.29 is 24.2 Å². The van der Waals surface area contributed by atoms with Crippen molar-refractivity contribution in [2.75, 3.05) is 13.2 Å². The van der Waals surface area contributed by atoms with E-state index in [0.717, 1.165) is 38.5 Å². The molecule has 0 aromatic heterocycles. The second-order valence-electron chi connectivity index (χ2n) is 14.0. The molecule has 0 aromatic carbocycles. The van der Waals surface area contributed by atoms with Gasteiger partial charge in [0.05, 0.1) is 19.6 Å². The SMILES string of the molecule is CCCCCCCCCC(CCCCCCC)COC(=O)CC(O)C(=O)OCC(CCCCCCC)CCCCCCCCC. The summed E-state index contributed by atoms with van der Waals surface area (Å²) < 4.78 is 11.2. The smallest absolute Gasteiger partial charge is 0.335 e. The fourth-order valence-electron chi connectivity index (χ4n) is 6.28. The first-order chi connectivity index (χ1) is 22.0. The summed E-state index contributed by atoms with van der Waals surface area (Å²) in [5.41, 5.74) is 0. The average Bonchev–Trinajstić information content (AvgIpc) is 3.03. The maximum absolute atomic E-state index is 12.6. The number of carbonyl (C=O) groups excluding carboxylic acids is 2. The molecule has 5 nitrogen and oxygen atoms in total. The van der Waals surface area contributed by atoms with Gasteiger partial charge in [-0.3, -0.25) is 4.79 Å². The summed E-state index contributed by atoms with van der Waals surface area (Å²) in [5, 5.41) is 10.5. The largest absolute Gasteiger partial charge is 0.465 e. The Bertz CT molecular complexity index is 636. The molecule has 45 heavy (non-hydrogen) atoms. The Kier molecular flexibility index (Phi) is 33.4. The number of ether oxygens (including phenoxy) is 2. The Balaban J connectivity index is 4.59. The second-order valence-corrected chi connectivity index (χ2v) is 14.0. The lowest BCUT2D eigenvalue weighted by atomic mass is 9.94. The van der Waals surface area contributed by atoms with Gasteiger partial charge in [-0.05, 0) is 37.5 Å². The number of unbranched alkanes of at least 4 members (excludes halogenated alkanes) is 20. The van der Waals surface area contributed by atoms with Crippen molar-refractivity contribution in [3.8, 4) is 0 Å². The quantitative estimate of drug-likeness (QED) is 0.0552. The van der Waals surface area contributed by atoms with E-state index >= 15 is 0 Å². The Hall–Kier alpha value is -1.10. The molecule has 268 valence electrons. The summed E-state index contributed by atoms with van der Waals surface area (Å²) in [4.78, 5) is 25.2. The van der Waals surface area contributed by atoms with Crippen LogP contribution < -0.4 is 0 Å². The standard InChI is InChI=1S/C40H78O5/c1-5-9-13-17-19-23-27-30-36(29-25-21-15-11-7-3)34-44-39(42)33-38(41)40(43)45-35-37(31-26-22-16-12-8-4)32-28-24-20-18-14-10-6-2/h36-38,41H,5-35H2,1-4H3. The molecule has 3 atom stereocenters. The first-order valence-electron chi connectivity index (χ1n) is 20.0. The molecule has 0 rings (SSSR count). The summed E-state index contributed by atoms with van der Waals surface area (Å²) in [6.07, 6.45) is 32.7. The zero-order valence-electron chi connectivity index (χ0n) is 30.7. The number of esters is 2. The van der Waals surface area contributed by atoms with E-state index in [1.54, 1.807) is 0 Å². The van der Waals surface area contributed by atoms with Crippen LogP contribution in [0.25, 0.3) is 0 Å². The monoisotopic (exact) mass is 639 g/mol. The molecular weight excluding hydrogens is 560 g/mol. The summed E-state index contributed by atoms with van der Waals surface area (Å²) in [5.74, 6) is -0.487. The van der Waals surface area contributed by atoms with Gasteiger partial charge in [0.1, 0.15) is 0 Å². The van der Waals surface area contributed by atoms with Gasteiger partial charge in [-0.2, -0.15) is 0 Å². The average molecular weight is 639 g/mol. The molecule has 5 heteroatoms. The highest BCUT2D eigenvalue weighted by molar-refractivity contribution is 5.81. The molecule has 0 spiro atoms. The Morgan fingerprint density at radius 1 is 0.444 bits per heavy atom. The van der Waals surface area contributed by atoms with E-state index in [1.807, 2.05) is 0 Å². The van der Waals surface area contributed by atoms with Crippen LogP contribution in [0.1, 0.15) is 214 Å². The van der Waals surface area contributed by atoms with Crippen molar-refractivity contribution in [1.29, 1.82) is 0 Å². The maximum atomic E-state index is 12.6. The fourth-order valence-corrected chi connectivity index (χ4v) is 6.28. The van der Waals surface area contributed by atoms with Crippen molar-refractivity contribution in [3.05, 3.63) is 0 Å². The minimum absolute atomic E-state index is 0.321. The second kappa shape index (κ2) is 34.2. The zero-order valence-corrected chi connectivity index (χ0v) is 30.7. The Morgan fingerprint density at radius 3 is 1.07 bits per heavy atom. The molecule has 0 bridgehead atoms. The summed E-state index contributed by atoms with van der Waals surface area (Å²) in [6, 6.07) is 0. The molecule has 0 aromatic rings. The van der Waals surface area contributed by atoms with Gasteiger partial charge in [-0.15, -0.1) is 0 Å². The van der Waals surface area contributed by atoms with E-state index in [-0.39, 0.29) is 6.42 Å². The highest BCUT2D eigenvalue weighted by atomic mass is 16.6. The van der Waals surface area contributed by atoms with Crippen LogP contribution in [-0.2, 0) is 19.1 Å². The topological polar surface area (TPSA) is 72.8 Å². The predicted octanol–water partition coefficient (Wildman–Crippen LogP) is 12.1. The van der Waals surface area contributed by atoms with Crippen molar-refractivity contribution >= 4 is 11.9 Å². The Labute approximate surface area is 280 Å². The van der Waals surface area contributed by atoms with E-state index in [4.69, 9.17) is 9.47 Å². The summed E-state index contributed by atoms with van der Waals surface area (Å²) in [6.45, 7) is 9.69. The van der Waals surface area contributed by atoms with Crippen LogP contribution in [0.15, 0.2) is 0 Å². The van der Waals surface area contributed by atoms with Gasteiger partial charge in [0, 0.05) is 0 Å². The van der Waals surface area contributed by atoms with Gasteiger partial charge in [-0.25, -0.2) is 4.79 Å².